The van der Waals surface area contributed by atoms with Crippen LogP contribution in [0.15, 0.2) is 22.9 Å². The van der Waals surface area contributed by atoms with Gasteiger partial charge in [-0.25, -0.2) is 4.98 Å². The van der Waals surface area contributed by atoms with Crippen LogP contribution >= 0.6 is 0 Å². The number of pyridine rings is 1. The van der Waals surface area contributed by atoms with E-state index in [9.17, 15) is 0 Å². The number of nitrogens with two attached hydrogens (primary N) is 1. The topological polar surface area (TPSA) is 87.1 Å². The predicted octanol–water partition coefficient (Wildman–Crippen LogP) is 1.60. The van der Waals surface area contributed by atoms with Crippen LogP contribution in [0.3, 0.4) is 0 Å². The standard InChI is InChI=1S/C11H14N4O2/c1-11(2,16-3)10-14-9(17-15-10)7-4-5-13-8(12)6-7/h4-6H,1-3H3,(H2,12,13). The molecule has 6 nitrogen and oxygen atoms in total. The average molecular weight is 234 g/mol. The highest BCUT2D eigenvalue weighted by Crippen LogP contribution is 2.24. The van der Waals surface area contributed by atoms with Gasteiger partial charge in [0.1, 0.15) is 11.4 Å². The first-order chi connectivity index (χ1) is 8.03. The smallest absolute Gasteiger partial charge is 0.258 e. The van der Waals surface area contributed by atoms with Crippen molar-refractivity contribution in [1.29, 1.82) is 0 Å². The molecule has 2 rings (SSSR count). The fourth-order valence-electron chi connectivity index (χ4n) is 1.26. The Morgan fingerprint density at radius 1 is 1.41 bits per heavy atom. The van der Waals surface area contributed by atoms with Crippen molar-refractivity contribution < 1.29 is 9.26 Å². The van der Waals surface area contributed by atoms with Crippen LogP contribution in [0.4, 0.5) is 5.82 Å². The summed E-state index contributed by atoms with van der Waals surface area (Å²) in [7, 11) is 1.60. The zero-order chi connectivity index (χ0) is 12.5. The highest BCUT2D eigenvalue weighted by atomic mass is 16.5. The van der Waals surface area contributed by atoms with E-state index in [1.54, 1.807) is 25.4 Å². The molecule has 0 bridgehead atoms. The molecule has 2 heterocycles. The number of rotatable bonds is 3. The van der Waals surface area contributed by atoms with E-state index in [-0.39, 0.29) is 0 Å². The number of ether oxygens (including phenoxy) is 1. The van der Waals surface area contributed by atoms with Gasteiger partial charge in [-0.3, -0.25) is 0 Å². The Hall–Kier alpha value is -1.95. The van der Waals surface area contributed by atoms with E-state index < -0.39 is 5.60 Å². The molecule has 0 aromatic carbocycles. The third-order valence-corrected chi connectivity index (χ3v) is 2.50. The number of hydrogen-bond donors (Lipinski definition) is 1. The second kappa shape index (κ2) is 4.14. The molecule has 6 heteroatoms. The van der Waals surface area contributed by atoms with Gasteiger partial charge in [-0.15, -0.1) is 0 Å². The number of hydrogen-bond acceptors (Lipinski definition) is 6. The number of anilines is 1. The van der Waals surface area contributed by atoms with Gasteiger partial charge in [-0.05, 0) is 26.0 Å². The lowest BCUT2D eigenvalue weighted by molar-refractivity contribution is 0.00973. The lowest BCUT2D eigenvalue weighted by Gasteiger charge is -2.17. The summed E-state index contributed by atoms with van der Waals surface area (Å²) in [6.45, 7) is 3.73. The van der Waals surface area contributed by atoms with E-state index >= 15 is 0 Å². The molecule has 0 unspecified atom stereocenters. The van der Waals surface area contributed by atoms with Gasteiger partial charge in [0.25, 0.3) is 5.89 Å². The molecule has 0 aliphatic carbocycles. The molecule has 2 aromatic heterocycles. The van der Waals surface area contributed by atoms with Gasteiger partial charge in [0, 0.05) is 18.9 Å². The van der Waals surface area contributed by atoms with Crippen molar-refractivity contribution in [2.24, 2.45) is 0 Å². The van der Waals surface area contributed by atoms with Crippen molar-refractivity contribution in [3.8, 4) is 11.5 Å². The average Bonchev–Trinajstić information content (AvgIpc) is 2.79. The largest absolute Gasteiger partial charge is 0.384 e. The third-order valence-electron chi connectivity index (χ3n) is 2.50. The van der Waals surface area contributed by atoms with Gasteiger partial charge in [0.05, 0.1) is 0 Å². The van der Waals surface area contributed by atoms with E-state index in [0.29, 0.717) is 17.5 Å². The first-order valence-corrected chi connectivity index (χ1v) is 5.14. The lowest BCUT2D eigenvalue weighted by Crippen LogP contribution is -2.21. The molecule has 0 spiro atoms. The minimum atomic E-state index is -0.583. The zero-order valence-corrected chi connectivity index (χ0v) is 9.97. The van der Waals surface area contributed by atoms with Gasteiger partial charge in [0.15, 0.2) is 0 Å². The molecule has 0 aliphatic rings. The first kappa shape index (κ1) is 11.5. The van der Waals surface area contributed by atoms with Crippen molar-refractivity contribution in [3.05, 3.63) is 24.2 Å². The van der Waals surface area contributed by atoms with Gasteiger partial charge in [-0.2, -0.15) is 4.98 Å². The van der Waals surface area contributed by atoms with Gasteiger partial charge >= 0.3 is 0 Å². The summed E-state index contributed by atoms with van der Waals surface area (Å²) in [5.41, 5.74) is 5.75. The quantitative estimate of drug-likeness (QED) is 0.867. The summed E-state index contributed by atoms with van der Waals surface area (Å²) in [5, 5.41) is 3.89. The molecule has 17 heavy (non-hydrogen) atoms. The van der Waals surface area contributed by atoms with Gasteiger partial charge < -0.3 is 15.0 Å². The van der Waals surface area contributed by atoms with Gasteiger partial charge in [0.2, 0.25) is 5.82 Å². The number of nitrogen functional groups attached to an aromatic ring is 1. The van der Waals surface area contributed by atoms with E-state index in [1.165, 1.54) is 0 Å². The number of aromatic nitrogens is 3. The van der Waals surface area contributed by atoms with E-state index in [1.807, 2.05) is 13.8 Å². The van der Waals surface area contributed by atoms with Crippen LogP contribution in [-0.2, 0) is 10.3 Å². The molecule has 0 atom stereocenters. The fourth-order valence-corrected chi connectivity index (χ4v) is 1.26. The molecule has 90 valence electrons. The molecular weight excluding hydrogens is 220 g/mol. The Labute approximate surface area is 98.8 Å². The minimum Gasteiger partial charge on any atom is -0.384 e. The summed E-state index contributed by atoms with van der Waals surface area (Å²) < 4.78 is 10.4. The first-order valence-electron chi connectivity index (χ1n) is 5.14. The maximum absolute atomic E-state index is 5.59. The molecule has 0 radical (unpaired) electrons. The molecule has 0 saturated heterocycles. The maximum atomic E-state index is 5.59. The third kappa shape index (κ3) is 2.26. The minimum absolute atomic E-state index is 0.402. The summed E-state index contributed by atoms with van der Waals surface area (Å²) >= 11 is 0. The zero-order valence-electron chi connectivity index (χ0n) is 9.97. The lowest BCUT2D eigenvalue weighted by atomic mass is 10.1. The van der Waals surface area contributed by atoms with Gasteiger partial charge in [-0.1, -0.05) is 5.16 Å². The van der Waals surface area contributed by atoms with Crippen LogP contribution in [0.5, 0.6) is 0 Å². The van der Waals surface area contributed by atoms with E-state index in [4.69, 9.17) is 15.0 Å². The normalized spacial score (nSPS) is 11.7. The number of nitrogens with zero attached hydrogens (tertiary/aromatic N) is 3. The van der Waals surface area contributed by atoms with E-state index in [2.05, 4.69) is 15.1 Å². The van der Waals surface area contributed by atoms with Crippen molar-refractivity contribution >= 4 is 5.82 Å². The molecule has 2 aromatic rings. The molecule has 0 amide bonds. The van der Waals surface area contributed by atoms with Crippen molar-refractivity contribution in [2.45, 2.75) is 19.4 Å². The van der Waals surface area contributed by atoms with Crippen LogP contribution in [0.25, 0.3) is 11.5 Å². The van der Waals surface area contributed by atoms with E-state index in [0.717, 1.165) is 5.56 Å². The SMILES string of the molecule is COC(C)(C)c1noc(-c2ccnc(N)c2)n1. The van der Waals surface area contributed by atoms with Crippen molar-refractivity contribution in [2.75, 3.05) is 12.8 Å². The van der Waals surface area contributed by atoms with Crippen LogP contribution in [0, 0.1) is 0 Å². The monoisotopic (exact) mass is 234 g/mol. The number of methoxy groups -OCH3 is 1. The molecule has 0 saturated carbocycles. The summed E-state index contributed by atoms with van der Waals surface area (Å²) in [5.74, 6) is 1.30. The second-order valence-electron chi connectivity index (χ2n) is 4.11. The Morgan fingerprint density at radius 3 is 2.82 bits per heavy atom. The second-order valence-corrected chi connectivity index (χ2v) is 4.11. The summed E-state index contributed by atoms with van der Waals surface area (Å²) in [6.07, 6.45) is 1.59. The highest BCUT2D eigenvalue weighted by Gasteiger charge is 2.26. The van der Waals surface area contributed by atoms with Crippen molar-refractivity contribution in [3.63, 3.8) is 0 Å². The highest BCUT2D eigenvalue weighted by molar-refractivity contribution is 5.56. The fraction of sp³-hybridized carbons (Fsp3) is 0.364. The predicted molar refractivity (Wildman–Crippen MR) is 62.0 cm³/mol. The molecule has 0 aliphatic heterocycles. The Morgan fingerprint density at radius 2 is 2.18 bits per heavy atom. The van der Waals surface area contributed by atoms with Crippen LogP contribution in [-0.4, -0.2) is 22.2 Å². The van der Waals surface area contributed by atoms with Crippen LogP contribution < -0.4 is 5.73 Å². The Balaban J connectivity index is 2.36. The summed E-state index contributed by atoms with van der Waals surface area (Å²) in [4.78, 5) is 8.18. The van der Waals surface area contributed by atoms with Crippen molar-refractivity contribution in [1.82, 2.24) is 15.1 Å². The molecular formula is C11H14N4O2. The van der Waals surface area contributed by atoms with Crippen LogP contribution in [0.1, 0.15) is 19.7 Å². The Bertz CT molecular complexity index is 522. The maximum Gasteiger partial charge on any atom is 0.258 e. The molecule has 0 fully saturated rings. The molecule has 2 N–H and O–H groups in total. The summed E-state index contributed by atoms with van der Waals surface area (Å²) in [6, 6.07) is 3.44. The Kier molecular flexibility index (Phi) is 2.81. The van der Waals surface area contributed by atoms with Crippen LogP contribution in [0.2, 0.25) is 0 Å².